The summed E-state index contributed by atoms with van der Waals surface area (Å²) < 4.78 is 15.3. The molecule has 0 aromatic rings. The number of aliphatic hydroxyl groups excluding tert-OH is 1. The van der Waals surface area contributed by atoms with Crippen molar-refractivity contribution in [2.45, 2.75) is 85.2 Å². The number of aliphatic hydroxyl groups is 1. The Bertz CT molecular complexity index is 491. The van der Waals surface area contributed by atoms with Crippen LogP contribution in [0.5, 0.6) is 0 Å². The topological polar surface area (TPSA) is 151 Å². The summed E-state index contributed by atoms with van der Waals surface area (Å²) in [5.41, 5.74) is 4.81. The van der Waals surface area contributed by atoms with E-state index in [4.69, 9.17) is 35.6 Å². The van der Waals surface area contributed by atoms with E-state index in [1.807, 2.05) is 6.07 Å². The predicted octanol–water partition coefficient (Wildman–Crippen LogP) is 4.46. The molecule has 1 amide bonds. The van der Waals surface area contributed by atoms with Gasteiger partial charge in [-0.2, -0.15) is 10.5 Å². The van der Waals surface area contributed by atoms with Gasteiger partial charge < -0.3 is 30.4 Å². The zero-order valence-corrected chi connectivity index (χ0v) is 22.2. The van der Waals surface area contributed by atoms with E-state index < -0.39 is 11.7 Å². The van der Waals surface area contributed by atoms with E-state index in [0.717, 1.165) is 45.6 Å². The van der Waals surface area contributed by atoms with E-state index in [1.54, 1.807) is 26.8 Å². The van der Waals surface area contributed by atoms with Gasteiger partial charge >= 0.3 is 6.09 Å². The summed E-state index contributed by atoms with van der Waals surface area (Å²) >= 11 is 0. The third-order valence-electron chi connectivity index (χ3n) is 3.23. The van der Waals surface area contributed by atoms with E-state index in [1.165, 1.54) is 18.9 Å². The van der Waals surface area contributed by atoms with Gasteiger partial charge in [0.2, 0.25) is 0 Å². The molecule has 9 heteroatoms. The van der Waals surface area contributed by atoms with Crippen LogP contribution in [-0.4, -0.2) is 62.9 Å². The van der Waals surface area contributed by atoms with Crippen LogP contribution in [-0.2, 0) is 14.2 Å². The molecule has 9 nitrogen and oxygen atoms in total. The summed E-state index contributed by atoms with van der Waals surface area (Å²) in [4.78, 5) is 10.9. The van der Waals surface area contributed by atoms with Crippen molar-refractivity contribution in [2.75, 3.05) is 46.1 Å². The van der Waals surface area contributed by atoms with Crippen LogP contribution < -0.4 is 11.1 Å². The molecule has 0 heterocycles. The van der Waals surface area contributed by atoms with Crippen molar-refractivity contribution in [3.63, 3.8) is 0 Å². The van der Waals surface area contributed by atoms with E-state index in [0.29, 0.717) is 26.0 Å². The number of unbranched alkanes of at least 4 members (excludes halogenated alkanes) is 2. The molecule has 34 heavy (non-hydrogen) atoms. The highest BCUT2D eigenvalue weighted by atomic mass is 16.6. The zero-order valence-electron chi connectivity index (χ0n) is 22.2. The minimum atomic E-state index is -0.455. The largest absolute Gasteiger partial charge is 0.444 e. The Kier molecular flexibility index (Phi) is 40.7. The van der Waals surface area contributed by atoms with Crippen LogP contribution in [0, 0.1) is 22.7 Å². The monoisotopic (exact) mass is 486 g/mol. The van der Waals surface area contributed by atoms with Gasteiger partial charge in [0.1, 0.15) is 5.60 Å². The van der Waals surface area contributed by atoms with Crippen molar-refractivity contribution in [1.29, 1.82) is 10.5 Å². The van der Waals surface area contributed by atoms with Crippen molar-refractivity contribution in [2.24, 2.45) is 5.73 Å². The quantitative estimate of drug-likeness (QED) is 0.240. The third kappa shape index (κ3) is 57.1. The summed E-state index contributed by atoms with van der Waals surface area (Å²) in [5, 5.41) is 26.5. The third-order valence-corrected chi connectivity index (χ3v) is 3.23. The second kappa shape index (κ2) is 35.4. The normalized spacial score (nSPS) is 9.32. The number of rotatable bonds is 14. The van der Waals surface area contributed by atoms with Crippen LogP contribution in [0.25, 0.3) is 0 Å². The number of nitrogens with one attached hydrogen (secondary N) is 1. The van der Waals surface area contributed by atoms with Gasteiger partial charge in [0.25, 0.3) is 0 Å². The Balaban J connectivity index is -0.000000186. The lowest BCUT2D eigenvalue weighted by molar-refractivity contribution is 0.0525. The van der Waals surface area contributed by atoms with Gasteiger partial charge in [0, 0.05) is 39.0 Å². The molecule has 0 aliphatic rings. The molecule has 0 aliphatic heterocycles. The van der Waals surface area contributed by atoms with Crippen LogP contribution in [0.3, 0.4) is 0 Å². The minimum absolute atomic E-state index is 0.0792. The zero-order chi connectivity index (χ0) is 26.9. The van der Waals surface area contributed by atoms with Crippen molar-refractivity contribution < 1.29 is 24.1 Å². The number of nitrogens with two attached hydrogens (primary N) is 1. The van der Waals surface area contributed by atoms with E-state index in [9.17, 15) is 4.79 Å². The maximum absolute atomic E-state index is 10.9. The average molecular weight is 487 g/mol. The molecule has 0 bridgehead atoms. The minimum Gasteiger partial charge on any atom is -0.444 e. The Morgan fingerprint density at radius 3 is 1.91 bits per heavy atom. The maximum atomic E-state index is 10.9. The number of nitrogens with zero attached hydrogens (tertiary/aromatic N) is 2. The molecular weight excluding hydrogens is 436 g/mol. The highest BCUT2D eigenvalue weighted by Gasteiger charge is 2.15. The van der Waals surface area contributed by atoms with Gasteiger partial charge in [-0.25, -0.2) is 4.79 Å². The number of hydrogen-bond donors (Lipinski definition) is 3. The van der Waals surface area contributed by atoms with Crippen LogP contribution in [0.2, 0.25) is 0 Å². The Morgan fingerprint density at radius 2 is 1.53 bits per heavy atom. The maximum Gasteiger partial charge on any atom is 0.407 e. The van der Waals surface area contributed by atoms with Crippen molar-refractivity contribution in [3.8, 4) is 12.1 Å². The van der Waals surface area contributed by atoms with Gasteiger partial charge in [-0.15, -0.1) is 0 Å². The van der Waals surface area contributed by atoms with Gasteiger partial charge in [0.05, 0.1) is 25.2 Å². The number of amides is 1. The highest BCUT2D eigenvalue weighted by molar-refractivity contribution is 5.67. The summed E-state index contributed by atoms with van der Waals surface area (Å²) in [7, 11) is 0. The van der Waals surface area contributed by atoms with Crippen molar-refractivity contribution in [1.82, 2.24) is 5.32 Å². The standard InChI is InChI=1S/C8H17NO3.C7H17NO.C7H13NO.C3H3N/c1-8(2,3)12-7(11)9-5-4-6-10;2*1-2-3-6-9-7-4-5-8;1-2-3-4/h10H,4-6H2,1-3H3,(H,9,11);2-8H2,1H3;2-4,6-7H2,1H3;2H,1H2. The molecule has 0 aromatic carbocycles. The fraction of sp³-hybridized carbons (Fsp3) is 0.800. The lowest BCUT2D eigenvalue weighted by Gasteiger charge is -2.19. The predicted molar refractivity (Wildman–Crippen MR) is 137 cm³/mol. The number of nitriles is 2. The molecule has 0 radical (unpaired) electrons. The van der Waals surface area contributed by atoms with Crippen molar-refractivity contribution in [3.05, 3.63) is 12.7 Å². The number of carbonyl (C=O) groups is 1. The van der Waals surface area contributed by atoms with Crippen LogP contribution >= 0.6 is 0 Å². The fourth-order valence-electron chi connectivity index (χ4n) is 1.58. The van der Waals surface area contributed by atoms with Crippen LogP contribution in [0.15, 0.2) is 12.7 Å². The summed E-state index contributed by atoms with van der Waals surface area (Å²) in [6, 6.07) is 3.71. The molecule has 200 valence electrons. The second-order valence-electron chi connectivity index (χ2n) is 7.82. The van der Waals surface area contributed by atoms with Gasteiger partial charge in [-0.1, -0.05) is 33.3 Å². The highest BCUT2D eigenvalue weighted by Crippen LogP contribution is 2.06. The molecule has 0 unspecified atom stereocenters. The van der Waals surface area contributed by atoms with Gasteiger partial charge in [0.15, 0.2) is 0 Å². The number of hydrogen-bond acceptors (Lipinski definition) is 8. The van der Waals surface area contributed by atoms with Crippen LogP contribution in [0.4, 0.5) is 4.79 Å². The average Bonchev–Trinajstić information content (AvgIpc) is 2.79. The first-order valence-corrected chi connectivity index (χ1v) is 12.0. The molecule has 0 fully saturated rings. The number of ether oxygens (including phenoxy) is 3. The second-order valence-corrected chi connectivity index (χ2v) is 7.82. The first kappa shape index (κ1) is 39.1. The van der Waals surface area contributed by atoms with Crippen molar-refractivity contribution >= 4 is 6.09 Å². The number of allylic oxidation sites excluding steroid dienone is 1. The molecule has 0 atom stereocenters. The summed E-state index contributed by atoms with van der Waals surface area (Å²) in [5.74, 6) is 0. The first-order valence-electron chi connectivity index (χ1n) is 12.0. The smallest absolute Gasteiger partial charge is 0.407 e. The Morgan fingerprint density at radius 1 is 1.03 bits per heavy atom. The molecule has 0 rings (SSSR count). The molecule has 0 saturated carbocycles. The number of alkyl carbamates (subject to hydrolysis) is 1. The van der Waals surface area contributed by atoms with Crippen LogP contribution in [0.1, 0.15) is 79.6 Å². The lowest BCUT2D eigenvalue weighted by Crippen LogP contribution is -2.33. The molecule has 4 N–H and O–H groups in total. The molecule has 0 saturated heterocycles. The fourth-order valence-corrected chi connectivity index (χ4v) is 1.58. The molecule has 0 spiro atoms. The van der Waals surface area contributed by atoms with E-state index in [-0.39, 0.29) is 6.61 Å². The van der Waals surface area contributed by atoms with Gasteiger partial charge in [-0.3, -0.25) is 0 Å². The number of carbonyl (C=O) groups excluding carboxylic acids is 1. The van der Waals surface area contributed by atoms with E-state index in [2.05, 4.69) is 25.7 Å². The SMILES string of the molecule is C=CC#N.CC(C)(C)OC(=O)NCCCO.CCCCOCCC#N.CCCCOCCCN. The van der Waals surface area contributed by atoms with E-state index >= 15 is 0 Å². The first-order chi connectivity index (χ1) is 16.2. The Labute approximate surface area is 208 Å². The lowest BCUT2D eigenvalue weighted by atomic mass is 10.2. The summed E-state index contributed by atoms with van der Waals surface area (Å²) in [6.45, 7) is 17.2. The molecule has 0 aromatic heterocycles. The molecular formula is C25H50N4O5. The Hall–Kier alpha value is -2.17. The summed E-state index contributed by atoms with van der Waals surface area (Å²) in [6.07, 6.45) is 7.45. The van der Waals surface area contributed by atoms with Gasteiger partial charge in [-0.05, 0) is 53.0 Å². The molecule has 0 aliphatic carbocycles.